The van der Waals surface area contributed by atoms with Crippen LogP contribution in [0.5, 0.6) is 0 Å². The predicted octanol–water partition coefficient (Wildman–Crippen LogP) is 6.09. The first-order valence-corrected chi connectivity index (χ1v) is 9.56. The van der Waals surface area contributed by atoms with Gasteiger partial charge >= 0.3 is 0 Å². The van der Waals surface area contributed by atoms with E-state index < -0.39 is 0 Å². The third-order valence-corrected chi connectivity index (χ3v) is 5.65. The molecule has 2 unspecified atom stereocenters. The number of hydrogen-bond donors (Lipinski definition) is 2. The Kier molecular flexibility index (Phi) is 6.16. The van der Waals surface area contributed by atoms with Crippen molar-refractivity contribution in [2.45, 2.75) is 72.6 Å². The van der Waals surface area contributed by atoms with E-state index >= 15 is 0 Å². The average Bonchev–Trinajstić information content (AvgIpc) is 2.59. The van der Waals surface area contributed by atoms with E-state index in [0.29, 0.717) is 11.8 Å². The predicted molar refractivity (Wildman–Crippen MR) is 111 cm³/mol. The summed E-state index contributed by atoms with van der Waals surface area (Å²) in [6.07, 6.45) is 3.13. The molecule has 2 nitrogen and oxygen atoms in total. The first-order valence-electron chi connectivity index (χ1n) is 9.56. The molecule has 2 aromatic rings. The SMILES string of the molecule is CCC(C)c1cc(Cc2cc(C)c(N)c(C(C)CC)c2)cc(C)c1N. The number of hydrogen-bond acceptors (Lipinski definition) is 2. The first-order chi connectivity index (χ1) is 11.8. The smallest absolute Gasteiger partial charge is 0.0379 e. The van der Waals surface area contributed by atoms with E-state index in [1.165, 1.54) is 33.4 Å². The van der Waals surface area contributed by atoms with E-state index in [9.17, 15) is 0 Å². The molecule has 0 amide bonds. The van der Waals surface area contributed by atoms with Gasteiger partial charge in [0.15, 0.2) is 0 Å². The van der Waals surface area contributed by atoms with E-state index in [1.54, 1.807) is 0 Å². The van der Waals surface area contributed by atoms with Gasteiger partial charge in [-0.05, 0) is 78.3 Å². The lowest BCUT2D eigenvalue weighted by atomic mass is 9.88. The van der Waals surface area contributed by atoms with Gasteiger partial charge in [-0.25, -0.2) is 0 Å². The van der Waals surface area contributed by atoms with Crippen molar-refractivity contribution in [1.82, 2.24) is 0 Å². The van der Waals surface area contributed by atoms with Crippen LogP contribution in [0.25, 0.3) is 0 Å². The molecule has 4 N–H and O–H groups in total. The third-order valence-electron chi connectivity index (χ3n) is 5.65. The van der Waals surface area contributed by atoms with Gasteiger partial charge in [0, 0.05) is 11.4 Å². The minimum Gasteiger partial charge on any atom is -0.398 e. The van der Waals surface area contributed by atoms with E-state index in [1.807, 2.05) is 0 Å². The molecule has 0 heterocycles. The number of nitrogens with two attached hydrogens (primary N) is 2. The molecule has 0 aliphatic heterocycles. The Hall–Kier alpha value is -1.96. The maximum atomic E-state index is 6.33. The maximum absolute atomic E-state index is 6.33. The fourth-order valence-corrected chi connectivity index (χ4v) is 3.50. The summed E-state index contributed by atoms with van der Waals surface area (Å²) in [7, 11) is 0. The highest BCUT2D eigenvalue weighted by Crippen LogP contribution is 2.32. The summed E-state index contributed by atoms with van der Waals surface area (Å²) in [5.74, 6) is 0.977. The molecule has 0 radical (unpaired) electrons. The van der Waals surface area contributed by atoms with Gasteiger partial charge in [0.05, 0.1) is 0 Å². The molecular formula is C23H34N2. The highest BCUT2D eigenvalue weighted by molar-refractivity contribution is 5.59. The average molecular weight is 339 g/mol. The molecule has 0 saturated heterocycles. The normalized spacial score (nSPS) is 13.7. The van der Waals surface area contributed by atoms with E-state index in [2.05, 4.69) is 65.8 Å². The second-order valence-electron chi connectivity index (χ2n) is 7.63. The lowest BCUT2D eigenvalue weighted by Gasteiger charge is -2.19. The minimum atomic E-state index is 0.488. The van der Waals surface area contributed by atoms with Crippen molar-refractivity contribution in [2.75, 3.05) is 11.5 Å². The summed E-state index contributed by atoms with van der Waals surface area (Å²) in [6, 6.07) is 9.06. The van der Waals surface area contributed by atoms with Gasteiger partial charge in [-0.3, -0.25) is 0 Å². The fourth-order valence-electron chi connectivity index (χ4n) is 3.50. The highest BCUT2D eigenvalue weighted by Gasteiger charge is 2.14. The van der Waals surface area contributed by atoms with Gasteiger partial charge in [0.1, 0.15) is 0 Å². The first kappa shape index (κ1) is 19.4. The second kappa shape index (κ2) is 7.95. The number of benzene rings is 2. The molecule has 2 heteroatoms. The van der Waals surface area contributed by atoms with Crippen LogP contribution in [0.2, 0.25) is 0 Å². The Morgan fingerprint density at radius 1 is 0.720 bits per heavy atom. The number of anilines is 2. The van der Waals surface area contributed by atoms with Gasteiger partial charge in [0.25, 0.3) is 0 Å². The molecule has 2 atom stereocenters. The molecule has 0 aromatic heterocycles. The summed E-state index contributed by atoms with van der Waals surface area (Å²) >= 11 is 0. The van der Waals surface area contributed by atoms with Crippen molar-refractivity contribution in [3.63, 3.8) is 0 Å². The summed E-state index contributed by atoms with van der Waals surface area (Å²) in [5.41, 5.74) is 22.2. The van der Waals surface area contributed by atoms with Crippen LogP contribution in [0.1, 0.15) is 85.8 Å². The lowest BCUT2D eigenvalue weighted by Crippen LogP contribution is -2.05. The molecule has 25 heavy (non-hydrogen) atoms. The second-order valence-corrected chi connectivity index (χ2v) is 7.63. The van der Waals surface area contributed by atoms with Gasteiger partial charge < -0.3 is 11.5 Å². The van der Waals surface area contributed by atoms with Crippen LogP contribution >= 0.6 is 0 Å². The standard InChI is InChI=1S/C23H34N2/c1-7-14(3)20-12-18(9-16(5)22(20)24)11-19-10-17(6)23(25)21(13-19)15(4)8-2/h9-10,12-15H,7-8,11,24-25H2,1-6H3. The Balaban J connectivity index is 2.43. The molecule has 2 rings (SSSR count). The Morgan fingerprint density at radius 2 is 1.08 bits per heavy atom. The highest BCUT2D eigenvalue weighted by atomic mass is 14.6. The van der Waals surface area contributed by atoms with Crippen molar-refractivity contribution in [1.29, 1.82) is 0 Å². The fraction of sp³-hybridized carbons (Fsp3) is 0.478. The van der Waals surface area contributed by atoms with E-state index in [-0.39, 0.29) is 0 Å². The summed E-state index contributed by atoms with van der Waals surface area (Å²) in [6.45, 7) is 13.2. The molecule has 2 aromatic carbocycles. The number of aryl methyl sites for hydroxylation is 2. The topological polar surface area (TPSA) is 52.0 Å². The lowest BCUT2D eigenvalue weighted by molar-refractivity contribution is 0.732. The maximum Gasteiger partial charge on any atom is 0.0379 e. The van der Waals surface area contributed by atoms with Crippen LogP contribution in [-0.4, -0.2) is 0 Å². The van der Waals surface area contributed by atoms with E-state index in [4.69, 9.17) is 11.5 Å². The van der Waals surface area contributed by atoms with Crippen LogP contribution in [0, 0.1) is 13.8 Å². The number of nitrogen functional groups attached to an aromatic ring is 2. The van der Waals surface area contributed by atoms with Crippen molar-refractivity contribution >= 4 is 11.4 Å². The molecule has 0 spiro atoms. The van der Waals surface area contributed by atoms with Crippen LogP contribution in [0.4, 0.5) is 11.4 Å². The zero-order valence-electron chi connectivity index (χ0n) is 16.7. The monoisotopic (exact) mass is 338 g/mol. The van der Waals surface area contributed by atoms with Crippen LogP contribution < -0.4 is 11.5 Å². The summed E-state index contributed by atoms with van der Waals surface area (Å²) in [5, 5.41) is 0. The Labute approximate surface area is 153 Å². The number of rotatable bonds is 6. The quantitative estimate of drug-likeness (QED) is 0.627. The van der Waals surface area contributed by atoms with Gasteiger partial charge in [0.2, 0.25) is 0 Å². The van der Waals surface area contributed by atoms with E-state index in [0.717, 1.165) is 30.6 Å². The molecule has 0 fully saturated rings. The Bertz CT molecular complexity index is 683. The Morgan fingerprint density at radius 3 is 1.40 bits per heavy atom. The van der Waals surface area contributed by atoms with Crippen LogP contribution in [0.15, 0.2) is 24.3 Å². The molecule has 0 aliphatic carbocycles. The van der Waals surface area contributed by atoms with Crippen LogP contribution in [-0.2, 0) is 6.42 Å². The molecular weight excluding hydrogens is 304 g/mol. The zero-order chi connectivity index (χ0) is 18.7. The largest absolute Gasteiger partial charge is 0.398 e. The minimum absolute atomic E-state index is 0.488. The van der Waals surface area contributed by atoms with Crippen molar-refractivity contribution in [2.24, 2.45) is 0 Å². The van der Waals surface area contributed by atoms with Gasteiger partial charge in [-0.1, -0.05) is 52.0 Å². The van der Waals surface area contributed by atoms with Crippen molar-refractivity contribution in [3.8, 4) is 0 Å². The summed E-state index contributed by atoms with van der Waals surface area (Å²) < 4.78 is 0. The molecule has 136 valence electrons. The van der Waals surface area contributed by atoms with Gasteiger partial charge in [-0.15, -0.1) is 0 Å². The van der Waals surface area contributed by atoms with Crippen LogP contribution in [0.3, 0.4) is 0 Å². The van der Waals surface area contributed by atoms with Gasteiger partial charge in [-0.2, -0.15) is 0 Å². The van der Waals surface area contributed by atoms with Crippen molar-refractivity contribution in [3.05, 3.63) is 57.6 Å². The molecule has 0 aliphatic rings. The van der Waals surface area contributed by atoms with Crippen molar-refractivity contribution < 1.29 is 0 Å². The summed E-state index contributed by atoms with van der Waals surface area (Å²) in [4.78, 5) is 0. The molecule has 0 bridgehead atoms. The third kappa shape index (κ3) is 4.18. The molecule has 0 saturated carbocycles. The zero-order valence-corrected chi connectivity index (χ0v) is 16.7.